The lowest BCUT2D eigenvalue weighted by atomic mass is 9.78. The normalized spacial score (nSPS) is 29.4. The minimum absolute atomic E-state index is 0.0362. The fourth-order valence-corrected chi connectivity index (χ4v) is 4.05. The number of hydrogen-bond donors (Lipinski definition) is 2. The van der Waals surface area contributed by atoms with Crippen LogP contribution < -0.4 is 10.6 Å². The number of rotatable bonds is 4. The van der Waals surface area contributed by atoms with Crippen molar-refractivity contribution >= 4 is 17.7 Å². The lowest BCUT2D eigenvalue weighted by molar-refractivity contribution is -0.125. The molecular weight excluding hydrogens is 316 g/mol. The molecule has 5 nitrogen and oxygen atoms in total. The summed E-state index contributed by atoms with van der Waals surface area (Å²) in [6.07, 6.45) is 4.34. The summed E-state index contributed by atoms with van der Waals surface area (Å²) in [4.78, 5) is 35.4. The Kier molecular flexibility index (Phi) is 5.21. The second-order valence-corrected chi connectivity index (χ2v) is 7.60. The van der Waals surface area contributed by atoms with E-state index in [1.807, 2.05) is 12.1 Å². The highest BCUT2D eigenvalue weighted by atomic mass is 16.2. The van der Waals surface area contributed by atoms with Crippen molar-refractivity contribution in [2.75, 3.05) is 0 Å². The first kappa shape index (κ1) is 17.6. The molecule has 1 aromatic carbocycles. The van der Waals surface area contributed by atoms with Crippen molar-refractivity contribution in [2.24, 2.45) is 17.8 Å². The first-order chi connectivity index (χ1) is 11.9. The van der Waals surface area contributed by atoms with Gasteiger partial charge >= 0.3 is 0 Å². The van der Waals surface area contributed by atoms with E-state index in [0.717, 1.165) is 18.4 Å². The minimum atomic E-state index is -0.295. The van der Waals surface area contributed by atoms with Gasteiger partial charge in [-0.25, -0.2) is 0 Å². The van der Waals surface area contributed by atoms with E-state index < -0.39 is 0 Å². The molecule has 1 unspecified atom stereocenters. The Hall–Kier alpha value is -2.17. The summed E-state index contributed by atoms with van der Waals surface area (Å²) in [7, 11) is 0. The van der Waals surface area contributed by atoms with Crippen LogP contribution in [-0.2, 0) is 16.0 Å². The Labute approximate surface area is 148 Å². The highest BCUT2D eigenvalue weighted by Crippen LogP contribution is 2.29. The van der Waals surface area contributed by atoms with Crippen LogP contribution in [0.5, 0.6) is 0 Å². The number of nitrogens with one attached hydrogen (secondary N) is 2. The number of amides is 3. The molecule has 1 saturated heterocycles. The van der Waals surface area contributed by atoms with Gasteiger partial charge in [-0.3, -0.25) is 19.7 Å². The van der Waals surface area contributed by atoms with Gasteiger partial charge in [0.2, 0.25) is 11.8 Å². The molecule has 1 aliphatic heterocycles. The zero-order valence-electron chi connectivity index (χ0n) is 14.9. The molecule has 0 spiro atoms. The van der Waals surface area contributed by atoms with Gasteiger partial charge in [0.1, 0.15) is 0 Å². The summed E-state index contributed by atoms with van der Waals surface area (Å²) in [5.74, 6) is 0.270. The third-order valence-electron chi connectivity index (χ3n) is 5.61. The van der Waals surface area contributed by atoms with Crippen LogP contribution in [0.25, 0.3) is 0 Å². The molecule has 1 aromatic rings. The molecule has 0 aromatic heterocycles. The molecule has 2 aliphatic rings. The quantitative estimate of drug-likeness (QED) is 0.825. The van der Waals surface area contributed by atoms with Crippen molar-refractivity contribution in [1.82, 2.24) is 10.6 Å². The van der Waals surface area contributed by atoms with Crippen LogP contribution in [0.15, 0.2) is 24.3 Å². The van der Waals surface area contributed by atoms with Gasteiger partial charge in [0.25, 0.3) is 5.91 Å². The van der Waals surface area contributed by atoms with Crippen LogP contribution >= 0.6 is 0 Å². The highest BCUT2D eigenvalue weighted by Gasteiger charge is 2.31. The molecule has 4 atom stereocenters. The Morgan fingerprint density at radius 1 is 1.12 bits per heavy atom. The van der Waals surface area contributed by atoms with Crippen molar-refractivity contribution < 1.29 is 14.4 Å². The molecule has 1 aliphatic carbocycles. The van der Waals surface area contributed by atoms with Gasteiger partial charge < -0.3 is 5.32 Å². The van der Waals surface area contributed by atoms with Crippen LogP contribution in [0, 0.1) is 17.8 Å². The summed E-state index contributed by atoms with van der Waals surface area (Å²) in [6, 6.07) is 7.58. The van der Waals surface area contributed by atoms with E-state index in [0.29, 0.717) is 23.8 Å². The second-order valence-electron chi connectivity index (χ2n) is 7.60. The zero-order chi connectivity index (χ0) is 18.0. The lowest BCUT2D eigenvalue weighted by Gasteiger charge is -2.35. The number of hydrogen-bond acceptors (Lipinski definition) is 3. The Morgan fingerprint density at radius 3 is 2.32 bits per heavy atom. The molecule has 0 radical (unpaired) electrons. The average molecular weight is 342 g/mol. The van der Waals surface area contributed by atoms with Gasteiger partial charge in [-0.2, -0.15) is 0 Å². The Morgan fingerprint density at radius 2 is 1.76 bits per heavy atom. The van der Waals surface area contributed by atoms with Crippen LogP contribution in [0.3, 0.4) is 0 Å². The first-order valence-corrected chi connectivity index (χ1v) is 9.17. The largest absolute Gasteiger partial charge is 0.349 e. The van der Waals surface area contributed by atoms with E-state index in [-0.39, 0.29) is 36.1 Å². The summed E-state index contributed by atoms with van der Waals surface area (Å²) in [5.41, 5.74) is 1.60. The average Bonchev–Trinajstić information content (AvgIpc) is 2.89. The van der Waals surface area contributed by atoms with Crippen LogP contribution in [0.4, 0.5) is 0 Å². The van der Waals surface area contributed by atoms with E-state index in [1.165, 1.54) is 6.42 Å². The Balaban J connectivity index is 1.60. The predicted molar refractivity (Wildman–Crippen MR) is 94.8 cm³/mol. The maximum atomic E-state index is 12.5. The molecule has 25 heavy (non-hydrogen) atoms. The van der Waals surface area contributed by atoms with E-state index in [1.54, 1.807) is 12.1 Å². The SMILES string of the molecule is C[C@@H]1CCC[C@H](C)C1NC(=O)c1ccc(C[C@H]2CC(=O)NC2=O)cc1. The van der Waals surface area contributed by atoms with Crippen molar-refractivity contribution in [3.05, 3.63) is 35.4 Å². The van der Waals surface area contributed by atoms with Gasteiger partial charge in [0, 0.05) is 18.0 Å². The number of benzene rings is 1. The molecule has 2 N–H and O–H groups in total. The summed E-state index contributed by atoms with van der Waals surface area (Å²) >= 11 is 0. The number of carbonyl (C=O) groups is 3. The van der Waals surface area contributed by atoms with Gasteiger partial charge in [0.05, 0.1) is 5.92 Å². The maximum Gasteiger partial charge on any atom is 0.251 e. The molecule has 3 amide bonds. The smallest absolute Gasteiger partial charge is 0.251 e. The second kappa shape index (κ2) is 7.38. The van der Waals surface area contributed by atoms with Crippen LogP contribution in [0.2, 0.25) is 0 Å². The summed E-state index contributed by atoms with van der Waals surface area (Å²) in [6.45, 7) is 4.41. The fraction of sp³-hybridized carbons (Fsp3) is 0.550. The van der Waals surface area contributed by atoms with Crippen molar-refractivity contribution in [3.8, 4) is 0 Å². The van der Waals surface area contributed by atoms with E-state index in [9.17, 15) is 14.4 Å². The third kappa shape index (κ3) is 4.09. The van der Waals surface area contributed by atoms with Crippen molar-refractivity contribution in [1.29, 1.82) is 0 Å². The third-order valence-corrected chi connectivity index (χ3v) is 5.61. The van der Waals surface area contributed by atoms with Crippen molar-refractivity contribution in [3.63, 3.8) is 0 Å². The molecule has 134 valence electrons. The standard InChI is InChI=1S/C20H26N2O3/c1-12-4-3-5-13(2)18(12)22-19(24)15-8-6-14(7-9-15)10-16-11-17(23)21-20(16)25/h6-9,12-13,16,18H,3-5,10-11H2,1-2H3,(H,22,24)(H,21,23,25)/t12-,13+,16-,18?/m0/s1. The summed E-state index contributed by atoms with van der Waals surface area (Å²) in [5, 5.41) is 5.52. The topological polar surface area (TPSA) is 75.3 Å². The Bertz CT molecular complexity index is 658. The van der Waals surface area contributed by atoms with Gasteiger partial charge in [-0.1, -0.05) is 32.4 Å². The lowest BCUT2D eigenvalue weighted by Crippen LogP contribution is -2.45. The van der Waals surface area contributed by atoms with Crippen LogP contribution in [0.1, 0.15) is 55.5 Å². The highest BCUT2D eigenvalue weighted by molar-refractivity contribution is 6.03. The van der Waals surface area contributed by atoms with Gasteiger partial charge in [0.15, 0.2) is 0 Å². The molecule has 1 saturated carbocycles. The van der Waals surface area contributed by atoms with Crippen LogP contribution in [-0.4, -0.2) is 23.8 Å². The molecule has 3 rings (SSSR count). The molecular formula is C20H26N2O3. The summed E-state index contributed by atoms with van der Waals surface area (Å²) < 4.78 is 0. The van der Waals surface area contributed by atoms with E-state index in [2.05, 4.69) is 24.5 Å². The molecule has 2 fully saturated rings. The van der Waals surface area contributed by atoms with E-state index >= 15 is 0 Å². The fourth-order valence-electron chi connectivity index (χ4n) is 4.05. The molecule has 0 bridgehead atoms. The van der Waals surface area contributed by atoms with E-state index in [4.69, 9.17) is 0 Å². The first-order valence-electron chi connectivity index (χ1n) is 9.17. The molecule has 5 heteroatoms. The number of carbonyl (C=O) groups excluding carboxylic acids is 3. The maximum absolute atomic E-state index is 12.5. The molecule has 1 heterocycles. The van der Waals surface area contributed by atoms with Crippen molar-refractivity contribution in [2.45, 2.75) is 52.0 Å². The zero-order valence-corrected chi connectivity index (χ0v) is 14.9. The predicted octanol–water partition coefficient (Wildman–Crippen LogP) is 2.45. The minimum Gasteiger partial charge on any atom is -0.349 e. The number of imide groups is 1. The monoisotopic (exact) mass is 342 g/mol. The van der Waals surface area contributed by atoms with Gasteiger partial charge in [-0.15, -0.1) is 0 Å². The van der Waals surface area contributed by atoms with Gasteiger partial charge in [-0.05, 0) is 48.8 Å².